The van der Waals surface area contributed by atoms with Crippen LogP contribution in [-0.2, 0) is 33.2 Å². The van der Waals surface area contributed by atoms with E-state index in [1.54, 1.807) is 37.3 Å². The fourth-order valence-electron chi connectivity index (χ4n) is 4.24. The summed E-state index contributed by atoms with van der Waals surface area (Å²) in [5, 5.41) is 3.85. The van der Waals surface area contributed by atoms with E-state index in [9.17, 15) is 13.2 Å². The minimum atomic E-state index is -3.28. The highest BCUT2D eigenvalue weighted by Crippen LogP contribution is 2.35. The second kappa shape index (κ2) is 11.0. The van der Waals surface area contributed by atoms with Crippen molar-refractivity contribution < 1.29 is 17.9 Å². The van der Waals surface area contributed by atoms with Gasteiger partial charge >= 0.3 is 0 Å². The third kappa shape index (κ3) is 5.98. The summed E-state index contributed by atoms with van der Waals surface area (Å²) < 4.78 is 32.3. The van der Waals surface area contributed by atoms with Crippen molar-refractivity contribution >= 4 is 55.7 Å². The first-order chi connectivity index (χ1) is 17.9. The molecule has 0 saturated heterocycles. The van der Waals surface area contributed by atoms with Gasteiger partial charge in [0.25, 0.3) is 0 Å². The number of benzene rings is 3. The molecule has 10 heteroatoms. The molecule has 1 heterocycles. The van der Waals surface area contributed by atoms with Crippen LogP contribution in [0.1, 0.15) is 39.1 Å². The fraction of sp³-hybridized carbons (Fsp3) is 0.286. The van der Waals surface area contributed by atoms with Crippen molar-refractivity contribution in [2.24, 2.45) is 0 Å². The van der Waals surface area contributed by atoms with E-state index in [1.807, 2.05) is 39.0 Å². The fourth-order valence-corrected chi connectivity index (χ4v) is 5.57. The molecule has 4 rings (SSSR count). The van der Waals surface area contributed by atoms with Gasteiger partial charge in [0.05, 0.1) is 33.1 Å². The molecule has 0 aliphatic heterocycles. The van der Waals surface area contributed by atoms with Crippen LogP contribution < -0.4 is 10.1 Å². The van der Waals surface area contributed by atoms with Crippen molar-refractivity contribution in [1.82, 2.24) is 9.55 Å². The Kier molecular flexibility index (Phi) is 8.06. The number of ether oxygens (including phenoxy) is 1. The minimum Gasteiger partial charge on any atom is -0.478 e. The summed E-state index contributed by atoms with van der Waals surface area (Å²) in [4.78, 5) is 17.8. The monoisotopic (exact) mass is 573 g/mol. The van der Waals surface area contributed by atoms with Gasteiger partial charge in [0, 0.05) is 17.3 Å². The van der Waals surface area contributed by atoms with Crippen LogP contribution >= 0.6 is 23.2 Å². The molecule has 4 aromatic rings. The van der Waals surface area contributed by atoms with Gasteiger partial charge in [-0.15, -0.1) is 0 Å². The third-order valence-electron chi connectivity index (χ3n) is 6.17. The van der Waals surface area contributed by atoms with Crippen LogP contribution in [0.4, 0.5) is 5.69 Å². The molecule has 0 bridgehead atoms. The average molecular weight is 575 g/mol. The van der Waals surface area contributed by atoms with E-state index in [0.717, 1.165) is 11.1 Å². The highest BCUT2D eigenvalue weighted by atomic mass is 35.5. The zero-order chi connectivity index (χ0) is 27.7. The summed E-state index contributed by atoms with van der Waals surface area (Å²) in [6.07, 6.45) is 0.113. The number of aryl methyl sites for hydroxylation is 1. The van der Waals surface area contributed by atoms with Crippen LogP contribution in [0.15, 0.2) is 65.6 Å². The van der Waals surface area contributed by atoms with Gasteiger partial charge in [-0.3, -0.25) is 4.79 Å². The second-order valence-corrected chi connectivity index (χ2v) is 12.5. The van der Waals surface area contributed by atoms with Crippen molar-refractivity contribution in [2.45, 2.75) is 51.2 Å². The molecule has 0 aliphatic carbocycles. The quantitative estimate of drug-likeness (QED) is 0.242. The number of rotatable bonds is 9. The highest BCUT2D eigenvalue weighted by Gasteiger charge is 2.30. The number of imidazole rings is 1. The number of sulfone groups is 1. The molecule has 0 fully saturated rings. The van der Waals surface area contributed by atoms with Gasteiger partial charge in [-0.1, -0.05) is 42.3 Å². The maximum Gasteiger partial charge on any atom is 0.228 e. The summed E-state index contributed by atoms with van der Waals surface area (Å²) in [6, 6.07) is 17.1. The lowest BCUT2D eigenvalue weighted by atomic mass is 10.1. The minimum absolute atomic E-state index is 0.0308. The van der Waals surface area contributed by atoms with Crippen molar-refractivity contribution in [3.05, 3.63) is 82.1 Å². The molecule has 0 saturated carbocycles. The van der Waals surface area contributed by atoms with E-state index in [1.165, 1.54) is 12.1 Å². The van der Waals surface area contributed by atoms with Crippen LogP contribution in [-0.4, -0.2) is 29.6 Å². The Morgan fingerprint density at radius 1 is 1.03 bits per heavy atom. The molecule has 0 unspecified atom stereocenters. The molecular formula is C28H29Cl2N3O4S. The number of nitrogens with zero attached hydrogens (tertiary/aromatic N) is 2. The number of fused-ring (bicyclic) bond motifs is 1. The van der Waals surface area contributed by atoms with Gasteiger partial charge < -0.3 is 14.6 Å². The maximum atomic E-state index is 12.7. The van der Waals surface area contributed by atoms with Crippen LogP contribution in [0.5, 0.6) is 5.75 Å². The first-order valence-corrected chi connectivity index (χ1v) is 14.6. The number of anilines is 1. The summed E-state index contributed by atoms with van der Waals surface area (Å²) in [6.45, 7) is 8.14. The van der Waals surface area contributed by atoms with E-state index in [2.05, 4.69) is 9.88 Å². The number of halogens is 2. The number of hydrogen-bond donors (Lipinski definition) is 1. The van der Waals surface area contributed by atoms with E-state index >= 15 is 0 Å². The molecule has 0 atom stereocenters. The molecule has 0 aliphatic rings. The van der Waals surface area contributed by atoms with Gasteiger partial charge in [-0.2, -0.15) is 0 Å². The Morgan fingerprint density at radius 2 is 1.74 bits per heavy atom. The predicted octanol–water partition coefficient (Wildman–Crippen LogP) is 6.65. The Labute approximate surface area is 232 Å². The van der Waals surface area contributed by atoms with Gasteiger partial charge in [0.15, 0.2) is 21.3 Å². The molecule has 3 aromatic carbocycles. The molecule has 0 spiro atoms. The molecule has 1 amide bonds. The summed E-state index contributed by atoms with van der Waals surface area (Å²) in [5.41, 5.74) is 2.14. The van der Waals surface area contributed by atoms with E-state index in [0.29, 0.717) is 39.4 Å². The second-order valence-electron chi connectivity index (χ2n) is 9.34. The lowest BCUT2D eigenvalue weighted by Gasteiger charge is -2.27. The van der Waals surface area contributed by atoms with Crippen molar-refractivity contribution in [2.75, 3.05) is 11.1 Å². The normalized spacial score (nSPS) is 12.1. The molecule has 1 aromatic heterocycles. The van der Waals surface area contributed by atoms with Crippen LogP contribution in [0.25, 0.3) is 11.0 Å². The van der Waals surface area contributed by atoms with Crippen molar-refractivity contribution in [1.29, 1.82) is 0 Å². The lowest BCUT2D eigenvalue weighted by molar-refractivity contribution is -0.115. The van der Waals surface area contributed by atoms with Gasteiger partial charge in [-0.05, 0) is 74.9 Å². The Morgan fingerprint density at radius 3 is 2.37 bits per heavy atom. The predicted molar refractivity (Wildman–Crippen MR) is 152 cm³/mol. The Hall–Kier alpha value is -3.07. The van der Waals surface area contributed by atoms with E-state index < -0.39 is 15.4 Å². The first-order valence-electron chi connectivity index (χ1n) is 12.2. The number of aromatic nitrogens is 2. The van der Waals surface area contributed by atoms with Gasteiger partial charge in [0.1, 0.15) is 5.75 Å². The van der Waals surface area contributed by atoms with Crippen molar-refractivity contribution in [3.63, 3.8) is 0 Å². The standard InChI is InChI=1S/C28H29Cl2N3O4S/c1-5-33-24-13-10-20(31-26(34)15-18-7-11-21(12-8-18)38(35,36)6-2)17-23(24)32-27(33)28(3,4)37-25-14-9-19(29)16-22(25)30/h7-14,16-17H,5-6,15H2,1-4H3,(H,31,34). The van der Waals surface area contributed by atoms with Crippen LogP contribution in [0, 0.1) is 0 Å². The summed E-state index contributed by atoms with van der Waals surface area (Å²) in [5.74, 6) is 1.03. The molecule has 0 radical (unpaired) electrons. The third-order valence-corrected chi connectivity index (χ3v) is 8.45. The molecule has 200 valence electrons. The smallest absolute Gasteiger partial charge is 0.228 e. The van der Waals surface area contributed by atoms with Crippen molar-refractivity contribution in [3.8, 4) is 5.75 Å². The van der Waals surface area contributed by atoms with Gasteiger partial charge in [0.2, 0.25) is 5.91 Å². The maximum absolute atomic E-state index is 12.7. The molecular weight excluding hydrogens is 545 g/mol. The van der Waals surface area contributed by atoms with E-state index in [-0.39, 0.29) is 23.0 Å². The largest absolute Gasteiger partial charge is 0.478 e. The highest BCUT2D eigenvalue weighted by molar-refractivity contribution is 7.91. The van der Waals surface area contributed by atoms with Gasteiger partial charge in [-0.25, -0.2) is 13.4 Å². The summed E-state index contributed by atoms with van der Waals surface area (Å²) >= 11 is 12.4. The molecule has 1 N–H and O–H groups in total. The first kappa shape index (κ1) is 28.0. The zero-order valence-electron chi connectivity index (χ0n) is 21.6. The average Bonchev–Trinajstić information content (AvgIpc) is 3.25. The number of nitrogens with one attached hydrogen (secondary N) is 1. The number of amides is 1. The molecule has 7 nitrogen and oxygen atoms in total. The Balaban J connectivity index is 1.54. The number of hydrogen-bond acceptors (Lipinski definition) is 5. The topological polar surface area (TPSA) is 90.3 Å². The molecule has 38 heavy (non-hydrogen) atoms. The number of carbonyl (C=O) groups is 1. The van der Waals surface area contributed by atoms with E-state index in [4.69, 9.17) is 32.9 Å². The SMILES string of the molecule is CCn1c(C(C)(C)Oc2ccc(Cl)cc2Cl)nc2cc(NC(=O)Cc3ccc(S(=O)(=O)CC)cc3)ccc21. The number of carbonyl (C=O) groups excluding carboxylic acids is 1. The summed E-state index contributed by atoms with van der Waals surface area (Å²) in [7, 11) is -3.28. The lowest BCUT2D eigenvalue weighted by Crippen LogP contribution is -2.29. The zero-order valence-corrected chi connectivity index (χ0v) is 23.9. The van der Waals surface area contributed by atoms with Crippen LogP contribution in [0.2, 0.25) is 10.0 Å². The Bertz CT molecular complexity index is 1600. The van der Waals surface area contributed by atoms with Crippen LogP contribution in [0.3, 0.4) is 0 Å².